The number of carbonyl (C=O) groups excluding carboxylic acids is 1. The van der Waals surface area contributed by atoms with E-state index in [2.05, 4.69) is 21.2 Å². The Kier molecular flexibility index (Phi) is 4.52. The highest BCUT2D eigenvalue weighted by Crippen LogP contribution is 2.32. The average Bonchev–Trinajstić information content (AvgIpc) is 2.32. The molecule has 1 aliphatic heterocycles. The molecule has 1 aromatic carbocycles. The summed E-state index contributed by atoms with van der Waals surface area (Å²) in [6, 6.07) is 1.67. The molecule has 3 nitrogen and oxygen atoms in total. The van der Waals surface area contributed by atoms with E-state index in [1.807, 2.05) is 6.92 Å². The van der Waals surface area contributed by atoms with Gasteiger partial charge < -0.3 is 10.2 Å². The van der Waals surface area contributed by atoms with Crippen molar-refractivity contribution in [2.45, 2.75) is 25.8 Å². The molecule has 2 rings (SSSR count). The lowest BCUT2D eigenvalue weighted by Gasteiger charge is -2.33. The first-order valence-corrected chi connectivity index (χ1v) is 7.03. The highest BCUT2D eigenvalue weighted by Gasteiger charge is 2.31. The van der Waals surface area contributed by atoms with Gasteiger partial charge in [-0.15, -0.1) is 0 Å². The molecule has 0 aliphatic carbocycles. The summed E-state index contributed by atoms with van der Waals surface area (Å²) < 4.78 is 27.2. The normalized spacial score (nSPS) is 19.9. The quantitative estimate of drug-likeness (QED) is 0.923. The molecule has 19 heavy (non-hydrogen) atoms. The van der Waals surface area contributed by atoms with Gasteiger partial charge in [-0.3, -0.25) is 4.79 Å². The van der Waals surface area contributed by atoms with Crippen molar-refractivity contribution in [2.75, 3.05) is 18.0 Å². The number of likely N-dealkylation sites (N-methyl/N-ethyl adjacent to an activating group) is 1. The van der Waals surface area contributed by atoms with Crippen molar-refractivity contribution in [1.29, 1.82) is 0 Å². The maximum atomic E-state index is 13.9. The average molecular weight is 333 g/mol. The van der Waals surface area contributed by atoms with Crippen LogP contribution in [0.2, 0.25) is 0 Å². The molecular weight excluding hydrogens is 318 g/mol. The van der Waals surface area contributed by atoms with Crippen LogP contribution in [0.15, 0.2) is 16.6 Å². The van der Waals surface area contributed by atoms with Gasteiger partial charge in [0.25, 0.3) is 0 Å². The molecule has 0 bridgehead atoms. The van der Waals surface area contributed by atoms with Crippen LogP contribution in [-0.4, -0.2) is 25.0 Å². The zero-order chi connectivity index (χ0) is 14.0. The van der Waals surface area contributed by atoms with E-state index in [4.69, 9.17) is 0 Å². The Morgan fingerprint density at radius 1 is 1.47 bits per heavy atom. The van der Waals surface area contributed by atoms with Crippen molar-refractivity contribution in [3.05, 3.63) is 28.2 Å². The number of hydrogen-bond acceptors (Lipinski definition) is 2. The van der Waals surface area contributed by atoms with E-state index in [-0.39, 0.29) is 22.1 Å². The number of nitrogens with one attached hydrogen (secondary N) is 1. The summed E-state index contributed by atoms with van der Waals surface area (Å²) in [6.07, 6.45) is 1.52. The van der Waals surface area contributed by atoms with E-state index in [0.717, 1.165) is 18.9 Å². The zero-order valence-electron chi connectivity index (χ0n) is 10.5. The smallest absolute Gasteiger partial charge is 0.244 e. The fourth-order valence-electron chi connectivity index (χ4n) is 2.33. The van der Waals surface area contributed by atoms with Crippen LogP contribution < -0.4 is 10.2 Å². The highest BCUT2D eigenvalue weighted by molar-refractivity contribution is 9.10. The molecule has 1 saturated heterocycles. The lowest BCUT2D eigenvalue weighted by molar-refractivity contribution is -0.121. The Balaban J connectivity index is 2.33. The molecule has 0 spiro atoms. The Labute approximate surface area is 119 Å². The van der Waals surface area contributed by atoms with Gasteiger partial charge in [0.15, 0.2) is 5.82 Å². The van der Waals surface area contributed by atoms with Gasteiger partial charge >= 0.3 is 0 Å². The van der Waals surface area contributed by atoms with E-state index in [1.54, 1.807) is 0 Å². The largest absolute Gasteiger partial charge is 0.307 e. The van der Waals surface area contributed by atoms with Crippen molar-refractivity contribution in [3.8, 4) is 0 Å². The van der Waals surface area contributed by atoms with Gasteiger partial charge in [0.1, 0.15) is 5.82 Å². The van der Waals surface area contributed by atoms with Crippen molar-refractivity contribution >= 4 is 27.5 Å². The zero-order valence-corrected chi connectivity index (χ0v) is 12.1. The summed E-state index contributed by atoms with van der Waals surface area (Å²) in [6.45, 7) is 3.04. The lowest BCUT2D eigenvalue weighted by Crippen LogP contribution is -2.51. The SMILES string of the molecule is CCNC1CCCN(c2c(F)cc(F)cc2Br)C1=O. The molecule has 0 radical (unpaired) electrons. The number of rotatable bonds is 3. The van der Waals surface area contributed by atoms with Crippen LogP contribution in [0, 0.1) is 11.6 Å². The molecule has 104 valence electrons. The predicted octanol–water partition coefficient (Wildman–Crippen LogP) is 2.83. The Morgan fingerprint density at radius 2 is 2.21 bits per heavy atom. The number of carbonyl (C=O) groups is 1. The fraction of sp³-hybridized carbons (Fsp3) is 0.462. The summed E-state index contributed by atoms with van der Waals surface area (Å²) in [5.41, 5.74) is 0.119. The molecule has 1 unspecified atom stereocenters. The molecule has 1 aliphatic rings. The number of nitrogens with zero attached hydrogens (tertiary/aromatic N) is 1. The van der Waals surface area contributed by atoms with Crippen LogP contribution >= 0.6 is 15.9 Å². The molecule has 6 heteroatoms. The summed E-state index contributed by atoms with van der Waals surface area (Å²) in [5, 5.41) is 3.08. The topological polar surface area (TPSA) is 32.3 Å². The number of anilines is 1. The maximum Gasteiger partial charge on any atom is 0.244 e. The maximum absolute atomic E-state index is 13.9. The Bertz CT molecular complexity index is 471. The van der Waals surface area contributed by atoms with E-state index < -0.39 is 11.6 Å². The van der Waals surface area contributed by atoms with Crippen LogP contribution in [0.5, 0.6) is 0 Å². The van der Waals surface area contributed by atoms with Gasteiger partial charge in [0, 0.05) is 17.1 Å². The minimum absolute atomic E-state index is 0.119. The van der Waals surface area contributed by atoms with Crippen molar-refractivity contribution in [1.82, 2.24) is 5.32 Å². The summed E-state index contributed by atoms with van der Waals surface area (Å²) in [5.74, 6) is -1.56. The van der Waals surface area contributed by atoms with Gasteiger partial charge in [-0.2, -0.15) is 0 Å². The molecule has 1 aromatic rings. The number of benzene rings is 1. The highest BCUT2D eigenvalue weighted by atomic mass is 79.9. The standard InChI is InChI=1S/C13H15BrF2N2O/c1-2-17-11-4-3-5-18(13(11)19)12-9(14)6-8(15)7-10(12)16/h6-7,11,17H,2-5H2,1H3. The van der Waals surface area contributed by atoms with Crippen LogP contribution in [-0.2, 0) is 4.79 Å². The van der Waals surface area contributed by atoms with Gasteiger partial charge in [0.05, 0.1) is 11.7 Å². The molecule has 1 N–H and O–H groups in total. The fourth-order valence-corrected chi connectivity index (χ4v) is 2.95. The summed E-state index contributed by atoms with van der Waals surface area (Å²) in [7, 11) is 0. The molecule has 1 fully saturated rings. The lowest BCUT2D eigenvalue weighted by atomic mass is 10.0. The van der Waals surface area contributed by atoms with Crippen LogP contribution in [0.25, 0.3) is 0 Å². The van der Waals surface area contributed by atoms with Crippen LogP contribution in [0.3, 0.4) is 0 Å². The Hall–Kier alpha value is -1.01. The molecular formula is C13H15BrF2N2O. The second-order valence-corrected chi connectivity index (χ2v) is 5.31. The third-order valence-electron chi connectivity index (χ3n) is 3.14. The third kappa shape index (κ3) is 2.95. The van der Waals surface area contributed by atoms with E-state index in [9.17, 15) is 13.6 Å². The molecule has 1 atom stereocenters. The predicted molar refractivity (Wildman–Crippen MR) is 73.1 cm³/mol. The van der Waals surface area contributed by atoms with Gasteiger partial charge in [0.2, 0.25) is 5.91 Å². The monoisotopic (exact) mass is 332 g/mol. The number of halogens is 3. The van der Waals surface area contributed by atoms with Crippen LogP contribution in [0.1, 0.15) is 19.8 Å². The van der Waals surface area contributed by atoms with Crippen molar-refractivity contribution in [3.63, 3.8) is 0 Å². The second kappa shape index (κ2) is 5.96. The van der Waals surface area contributed by atoms with E-state index >= 15 is 0 Å². The minimum Gasteiger partial charge on any atom is -0.307 e. The molecule has 1 heterocycles. The second-order valence-electron chi connectivity index (χ2n) is 4.46. The first kappa shape index (κ1) is 14.4. The van der Waals surface area contributed by atoms with Crippen molar-refractivity contribution < 1.29 is 13.6 Å². The number of hydrogen-bond donors (Lipinski definition) is 1. The first-order chi connectivity index (χ1) is 9.04. The molecule has 0 saturated carbocycles. The molecule has 1 amide bonds. The van der Waals surface area contributed by atoms with Gasteiger partial charge in [-0.1, -0.05) is 6.92 Å². The van der Waals surface area contributed by atoms with Crippen LogP contribution in [0.4, 0.5) is 14.5 Å². The van der Waals surface area contributed by atoms with Crippen molar-refractivity contribution in [2.24, 2.45) is 0 Å². The van der Waals surface area contributed by atoms with E-state index in [1.165, 1.54) is 11.0 Å². The van der Waals surface area contributed by atoms with Gasteiger partial charge in [-0.05, 0) is 41.4 Å². The van der Waals surface area contributed by atoms with E-state index in [0.29, 0.717) is 13.1 Å². The third-order valence-corrected chi connectivity index (χ3v) is 3.75. The number of amides is 1. The molecule has 0 aromatic heterocycles. The minimum atomic E-state index is -0.725. The number of piperidine rings is 1. The van der Waals surface area contributed by atoms with Gasteiger partial charge in [-0.25, -0.2) is 8.78 Å². The Morgan fingerprint density at radius 3 is 2.84 bits per heavy atom. The summed E-state index contributed by atoms with van der Waals surface area (Å²) >= 11 is 3.13. The first-order valence-electron chi connectivity index (χ1n) is 6.24. The summed E-state index contributed by atoms with van der Waals surface area (Å²) in [4.78, 5) is 13.7.